The van der Waals surface area contributed by atoms with Crippen molar-refractivity contribution in [2.75, 3.05) is 17.7 Å². The van der Waals surface area contributed by atoms with Crippen LogP contribution in [0.1, 0.15) is 11.1 Å². The van der Waals surface area contributed by atoms with Crippen LogP contribution in [-0.2, 0) is 20.9 Å². The van der Waals surface area contributed by atoms with Crippen LogP contribution >= 0.6 is 23.4 Å². The first kappa shape index (κ1) is 22.9. The summed E-state index contributed by atoms with van der Waals surface area (Å²) in [6, 6.07) is 22.8. The number of anilines is 1. The standard InChI is InChI=1S/C25H22ClN3O3S/c1-17-6-2-3-7-18(17)14-29-22-9-5-4-8-21(22)28-25(29)33-16-24(31)32-15-23(30)27-20-12-10-19(26)11-13-20/h2-13H,14-16H2,1H3,(H,27,30). The smallest absolute Gasteiger partial charge is 0.316 e. The van der Waals surface area contributed by atoms with Gasteiger partial charge in [-0.05, 0) is 54.4 Å². The number of carbonyl (C=O) groups excluding carboxylic acids is 2. The fraction of sp³-hybridized carbons (Fsp3) is 0.160. The summed E-state index contributed by atoms with van der Waals surface area (Å²) in [4.78, 5) is 29.0. The van der Waals surface area contributed by atoms with Gasteiger partial charge in [0.2, 0.25) is 0 Å². The second-order valence-corrected chi connectivity index (χ2v) is 8.78. The molecule has 0 aliphatic carbocycles. The van der Waals surface area contributed by atoms with E-state index in [1.54, 1.807) is 24.3 Å². The highest BCUT2D eigenvalue weighted by Crippen LogP contribution is 2.26. The summed E-state index contributed by atoms with van der Waals surface area (Å²) >= 11 is 7.13. The topological polar surface area (TPSA) is 73.2 Å². The minimum Gasteiger partial charge on any atom is -0.455 e. The molecule has 8 heteroatoms. The molecule has 0 atom stereocenters. The Morgan fingerprint density at radius 2 is 1.76 bits per heavy atom. The number of aromatic nitrogens is 2. The van der Waals surface area contributed by atoms with E-state index in [-0.39, 0.29) is 12.4 Å². The highest BCUT2D eigenvalue weighted by atomic mass is 35.5. The molecular formula is C25H22ClN3O3S. The first-order chi connectivity index (χ1) is 16.0. The van der Waals surface area contributed by atoms with Crippen LogP contribution in [0.3, 0.4) is 0 Å². The maximum absolute atomic E-state index is 12.3. The van der Waals surface area contributed by atoms with Crippen LogP contribution in [0.25, 0.3) is 11.0 Å². The van der Waals surface area contributed by atoms with Crippen LogP contribution in [0.15, 0.2) is 78.0 Å². The molecule has 0 unspecified atom stereocenters. The van der Waals surface area contributed by atoms with Crippen molar-refractivity contribution in [2.24, 2.45) is 0 Å². The van der Waals surface area contributed by atoms with Crippen molar-refractivity contribution in [1.29, 1.82) is 0 Å². The SMILES string of the molecule is Cc1ccccc1Cn1c(SCC(=O)OCC(=O)Nc2ccc(Cl)cc2)nc2ccccc21. The Morgan fingerprint density at radius 3 is 2.55 bits per heavy atom. The zero-order valence-electron chi connectivity index (χ0n) is 18.0. The van der Waals surface area contributed by atoms with Gasteiger partial charge in [0.25, 0.3) is 5.91 Å². The quantitative estimate of drug-likeness (QED) is 0.273. The number of fused-ring (bicyclic) bond motifs is 1. The van der Waals surface area contributed by atoms with E-state index in [4.69, 9.17) is 21.3 Å². The molecule has 4 rings (SSSR count). The van der Waals surface area contributed by atoms with Gasteiger partial charge in [-0.2, -0.15) is 0 Å². The van der Waals surface area contributed by atoms with Crippen LogP contribution in [-0.4, -0.2) is 33.8 Å². The number of nitrogens with one attached hydrogen (secondary N) is 1. The Bertz CT molecular complexity index is 1290. The summed E-state index contributed by atoms with van der Waals surface area (Å²) in [6.45, 7) is 2.36. The average molecular weight is 480 g/mol. The maximum atomic E-state index is 12.3. The molecule has 0 bridgehead atoms. The molecule has 1 N–H and O–H groups in total. The van der Waals surface area contributed by atoms with Gasteiger partial charge in [0, 0.05) is 10.7 Å². The molecule has 0 fully saturated rings. The Hall–Kier alpha value is -3.29. The van der Waals surface area contributed by atoms with Crippen molar-refractivity contribution in [3.05, 3.63) is 88.9 Å². The Kier molecular flexibility index (Phi) is 7.32. The number of hydrogen-bond acceptors (Lipinski definition) is 5. The molecule has 0 saturated carbocycles. The molecule has 1 aromatic heterocycles. The second-order valence-electron chi connectivity index (χ2n) is 7.40. The van der Waals surface area contributed by atoms with Gasteiger partial charge < -0.3 is 14.6 Å². The largest absolute Gasteiger partial charge is 0.455 e. The molecule has 3 aromatic carbocycles. The predicted octanol–water partition coefficient (Wildman–Crippen LogP) is 5.32. The van der Waals surface area contributed by atoms with Gasteiger partial charge in [0.1, 0.15) is 0 Å². The number of hydrogen-bond donors (Lipinski definition) is 1. The summed E-state index contributed by atoms with van der Waals surface area (Å²) < 4.78 is 7.24. The number of para-hydroxylation sites is 2. The number of halogens is 1. The highest BCUT2D eigenvalue weighted by Gasteiger charge is 2.15. The van der Waals surface area contributed by atoms with Crippen LogP contribution in [0.5, 0.6) is 0 Å². The molecule has 33 heavy (non-hydrogen) atoms. The normalized spacial score (nSPS) is 10.8. The number of rotatable bonds is 8. The average Bonchev–Trinajstić information content (AvgIpc) is 3.16. The molecular weight excluding hydrogens is 458 g/mol. The third kappa shape index (κ3) is 5.94. The lowest BCUT2D eigenvalue weighted by Gasteiger charge is -2.11. The van der Waals surface area contributed by atoms with E-state index in [0.717, 1.165) is 16.2 Å². The number of esters is 1. The maximum Gasteiger partial charge on any atom is 0.316 e. The van der Waals surface area contributed by atoms with E-state index >= 15 is 0 Å². The summed E-state index contributed by atoms with van der Waals surface area (Å²) in [7, 11) is 0. The number of amides is 1. The Morgan fingerprint density at radius 1 is 1.03 bits per heavy atom. The molecule has 0 radical (unpaired) electrons. The van der Waals surface area contributed by atoms with Crippen molar-refractivity contribution in [2.45, 2.75) is 18.6 Å². The minimum atomic E-state index is -0.485. The second kappa shape index (κ2) is 10.6. The first-order valence-corrected chi connectivity index (χ1v) is 11.7. The Balaban J connectivity index is 1.38. The van der Waals surface area contributed by atoms with E-state index in [1.165, 1.54) is 22.9 Å². The van der Waals surface area contributed by atoms with E-state index in [1.807, 2.05) is 36.4 Å². The van der Waals surface area contributed by atoms with Gasteiger partial charge in [-0.15, -0.1) is 0 Å². The van der Waals surface area contributed by atoms with Gasteiger partial charge in [-0.25, -0.2) is 4.98 Å². The highest BCUT2D eigenvalue weighted by molar-refractivity contribution is 7.99. The summed E-state index contributed by atoms with van der Waals surface area (Å²) in [5, 5.41) is 3.96. The molecule has 0 saturated heterocycles. The van der Waals surface area contributed by atoms with Crippen LogP contribution in [0.2, 0.25) is 5.02 Å². The summed E-state index contributed by atoms with van der Waals surface area (Å²) in [5.41, 5.74) is 4.82. The molecule has 6 nitrogen and oxygen atoms in total. The van der Waals surface area contributed by atoms with E-state index in [2.05, 4.69) is 28.9 Å². The molecule has 0 spiro atoms. The van der Waals surface area contributed by atoms with Gasteiger partial charge >= 0.3 is 5.97 Å². The van der Waals surface area contributed by atoms with Gasteiger partial charge in [0.15, 0.2) is 11.8 Å². The number of ether oxygens (including phenoxy) is 1. The minimum absolute atomic E-state index is 0.0469. The third-order valence-electron chi connectivity index (χ3n) is 5.02. The number of carbonyl (C=O) groups is 2. The van der Waals surface area contributed by atoms with Gasteiger partial charge in [-0.1, -0.05) is 59.8 Å². The van der Waals surface area contributed by atoms with E-state index in [9.17, 15) is 9.59 Å². The van der Waals surface area contributed by atoms with E-state index < -0.39 is 11.9 Å². The number of thioether (sulfide) groups is 1. The van der Waals surface area contributed by atoms with Gasteiger partial charge in [0.05, 0.1) is 23.3 Å². The Labute approximate surface area is 200 Å². The van der Waals surface area contributed by atoms with Crippen molar-refractivity contribution < 1.29 is 14.3 Å². The summed E-state index contributed by atoms with van der Waals surface area (Å²) in [6.07, 6.45) is 0. The number of nitrogens with zero attached hydrogens (tertiary/aromatic N) is 2. The fourth-order valence-electron chi connectivity index (χ4n) is 3.32. The lowest BCUT2D eigenvalue weighted by atomic mass is 10.1. The molecule has 0 aliphatic rings. The van der Waals surface area contributed by atoms with Crippen molar-refractivity contribution >= 4 is 52.0 Å². The van der Waals surface area contributed by atoms with Crippen molar-refractivity contribution in [3.8, 4) is 0 Å². The third-order valence-corrected chi connectivity index (χ3v) is 6.22. The monoisotopic (exact) mass is 479 g/mol. The zero-order valence-corrected chi connectivity index (χ0v) is 19.5. The van der Waals surface area contributed by atoms with Crippen LogP contribution < -0.4 is 5.32 Å². The molecule has 168 valence electrons. The lowest BCUT2D eigenvalue weighted by molar-refractivity contribution is -0.144. The number of benzene rings is 3. The zero-order chi connectivity index (χ0) is 23.2. The van der Waals surface area contributed by atoms with Gasteiger partial charge in [-0.3, -0.25) is 9.59 Å². The first-order valence-electron chi connectivity index (χ1n) is 10.3. The molecule has 1 heterocycles. The number of aryl methyl sites for hydroxylation is 1. The molecule has 0 aliphatic heterocycles. The van der Waals surface area contributed by atoms with Crippen molar-refractivity contribution in [3.63, 3.8) is 0 Å². The molecule has 4 aromatic rings. The number of imidazole rings is 1. The van der Waals surface area contributed by atoms with E-state index in [0.29, 0.717) is 17.3 Å². The summed E-state index contributed by atoms with van der Waals surface area (Å²) in [5.74, 6) is -0.853. The van der Waals surface area contributed by atoms with Crippen molar-refractivity contribution in [1.82, 2.24) is 9.55 Å². The molecule has 1 amide bonds. The van der Waals surface area contributed by atoms with Crippen LogP contribution in [0.4, 0.5) is 5.69 Å². The predicted molar refractivity (Wildman–Crippen MR) is 132 cm³/mol. The van der Waals surface area contributed by atoms with Crippen LogP contribution in [0, 0.1) is 6.92 Å². The fourth-order valence-corrected chi connectivity index (χ4v) is 4.25. The lowest BCUT2D eigenvalue weighted by Crippen LogP contribution is -2.21.